The van der Waals surface area contributed by atoms with Crippen molar-refractivity contribution in [3.05, 3.63) is 35.9 Å². The topological polar surface area (TPSA) is 68.4 Å². The lowest BCUT2D eigenvalue weighted by Gasteiger charge is -2.35. The number of nitrogens with zero attached hydrogens (tertiary/aromatic N) is 1. The highest BCUT2D eigenvalue weighted by Crippen LogP contribution is 2.25. The molecule has 0 spiro atoms. The minimum absolute atomic E-state index is 0.383. The number of rotatable bonds is 3. The van der Waals surface area contributed by atoms with Gasteiger partial charge in [-0.25, -0.2) is 0 Å². The normalized spacial score (nSPS) is 27.4. The van der Waals surface area contributed by atoms with E-state index in [1.807, 2.05) is 24.3 Å². The van der Waals surface area contributed by atoms with Gasteiger partial charge in [-0.2, -0.15) is 5.26 Å². The van der Waals surface area contributed by atoms with Crippen molar-refractivity contribution in [3.63, 3.8) is 0 Å². The first kappa shape index (κ1) is 12.6. The summed E-state index contributed by atoms with van der Waals surface area (Å²) in [5, 5.41) is 20.0. The summed E-state index contributed by atoms with van der Waals surface area (Å²) in [6, 6.07) is 12.0. The van der Waals surface area contributed by atoms with Crippen LogP contribution in [0.5, 0.6) is 0 Å². The van der Waals surface area contributed by atoms with Gasteiger partial charge in [0.2, 0.25) is 0 Å². The fourth-order valence-corrected chi connectivity index (χ4v) is 2.45. The lowest BCUT2D eigenvalue weighted by Crippen LogP contribution is -3.12. The number of aliphatic carboxylic acids is 1. The van der Waals surface area contributed by atoms with E-state index in [0.717, 1.165) is 6.54 Å². The third kappa shape index (κ3) is 2.52. The maximum absolute atomic E-state index is 11.0. The first-order valence-corrected chi connectivity index (χ1v) is 6.16. The van der Waals surface area contributed by atoms with E-state index in [2.05, 4.69) is 12.1 Å². The molecule has 94 valence electrons. The van der Waals surface area contributed by atoms with Crippen LogP contribution in [0, 0.1) is 16.7 Å². The molecule has 1 aliphatic heterocycles. The van der Waals surface area contributed by atoms with Crippen LogP contribution < -0.4 is 10.0 Å². The molecule has 0 saturated carbocycles. The van der Waals surface area contributed by atoms with Crippen molar-refractivity contribution in [2.45, 2.75) is 19.4 Å². The van der Waals surface area contributed by atoms with E-state index in [9.17, 15) is 9.90 Å². The first-order valence-electron chi connectivity index (χ1n) is 6.16. The van der Waals surface area contributed by atoms with Crippen LogP contribution in [0.25, 0.3) is 0 Å². The fraction of sp³-hybridized carbons (Fsp3) is 0.429. The zero-order chi connectivity index (χ0) is 13.0. The number of carboxylic acids is 1. The Morgan fingerprint density at radius 1 is 1.33 bits per heavy atom. The highest BCUT2D eigenvalue weighted by molar-refractivity contribution is 5.76. The van der Waals surface area contributed by atoms with Crippen LogP contribution in [0.1, 0.15) is 18.4 Å². The summed E-state index contributed by atoms with van der Waals surface area (Å²) in [5.74, 6) is -1.22. The van der Waals surface area contributed by atoms with Gasteiger partial charge >= 0.3 is 0 Å². The molecule has 4 heteroatoms. The molecule has 0 aliphatic carbocycles. The molecule has 0 atom stereocenters. The monoisotopic (exact) mass is 244 g/mol. The van der Waals surface area contributed by atoms with Crippen molar-refractivity contribution < 1.29 is 14.8 Å². The molecular weight excluding hydrogens is 228 g/mol. The molecule has 0 aromatic heterocycles. The van der Waals surface area contributed by atoms with Crippen LogP contribution in [0.2, 0.25) is 0 Å². The van der Waals surface area contributed by atoms with Crippen LogP contribution in [0.3, 0.4) is 0 Å². The fourth-order valence-electron chi connectivity index (χ4n) is 2.45. The predicted molar refractivity (Wildman–Crippen MR) is 63.1 cm³/mol. The minimum Gasteiger partial charge on any atom is -0.548 e. The zero-order valence-corrected chi connectivity index (χ0v) is 10.2. The van der Waals surface area contributed by atoms with E-state index >= 15 is 0 Å². The van der Waals surface area contributed by atoms with Crippen LogP contribution >= 0.6 is 0 Å². The maximum Gasteiger partial charge on any atom is 0.107 e. The number of carbonyl (C=O) groups excluding carboxylic acids is 1. The number of carbonyl (C=O) groups is 1. The molecular formula is C14H16N2O2. The van der Waals surface area contributed by atoms with Gasteiger partial charge in [-0.1, -0.05) is 30.3 Å². The van der Waals surface area contributed by atoms with Crippen molar-refractivity contribution in [1.82, 2.24) is 0 Å². The van der Waals surface area contributed by atoms with E-state index in [1.165, 1.54) is 10.5 Å². The number of likely N-dealkylation sites (tertiary alicyclic amines) is 1. The Morgan fingerprint density at radius 2 is 1.94 bits per heavy atom. The van der Waals surface area contributed by atoms with E-state index in [4.69, 9.17) is 5.26 Å². The molecule has 1 aromatic carbocycles. The van der Waals surface area contributed by atoms with Crippen molar-refractivity contribution in [3.8, 4) is 6.07 Å². The molecule has 0 unspecified atom stereocenters. The van der Waals surface area contributed by atoms with Gasteiger partial charge in [0.1, 0.15) is 12.0 Å². The van der Waals surface area contributed by atoms with E-state index < -0.39 is 11.4 Å². The maximum atomic E-state index is 11.0. The number of carboxylic acid groups (broad SMARTS) is 1. The van der Waals surface area contributed by atoms with E-state index in [-0.39, 0.29) is 0 Å². The highest BCUT2D eigenvalue weighted by atomic mass is 16.4. The molecule has 1 saturated heterocycles. The van der Waals surface area contributed by atoms with Gasteiger partial charge in [0.05, 0.1) is 25.1 Å². The van der Waals surface area contributed by atoms with Gasteiger partial charge in [0, 0.05) is 18.4 Å². The zero-order valence-electron chi connectivity index (χ0n) is 10.2. The molecule has 1 aliphatic rings. The number of nitriles is 1. The Bertz CT molecular complexity index is 456. The second kappa shape index (κ2) is 5.19. The van der Waals surface area contributed by atoms with Crippen molar-refractivity contribution >= 4 is 5.97 Å². The van der Waals surface area contributed by atoms with Crippen molar-refractivity contribution in [2.24, 2.45) is 5.41 Å². The van der Waals surface area contributed by atoms with Crippen LogP contribution in [-0.2, 0) is 11.3 Å². The Labute approximate surface area is 106 Å². The molecule has 4 nitrogen and oxygen atoms in total. The summed E-state index contributed by atoms with van der Waals surface area (Å²) in [6.07, 6.45) is 0.766. The van der Waals surface area contributed by atoms with E-state index in [1.54, 1.807) is 0 Å². The van der Waals surface area contributed by atoms with Crippen LogP contribution in [0.4, 0.5) is 0 Å². The first-order chi connectivity index (χ1) is 8.66. The SMILES string of the molecule is N#CC1(C(=O)[O-])CC[NH+](Cc2ccccc2)CC1. The number of piperidine rings is 1. The number of nitrogens with one attached hydrogen (secondary N) is 1. The Hall–Kier alpha value is -1.86. The average Bonchev–Trinajstić information content (AvgIpc) is 2.41. The summed E-state index contributed by atoms with van der Waals surface area (Å²) in [7, 11) is 0. The predicted octanol–water partition coefficient (Wildman–Crippen LogP) is -0.875. The summed E-state index contributed by atoms with van der Waals surface area (Å²) in [4.78, 5) is 12.4. The summed E-state index contributed by atoms with van der Waals surface area (Å²) < 4.78 is 0. The molecule has 0 amide bonds. The Morgan fingerprint density at radius 3 is 2.44 bits per heavy atom. The smallest absolute Gasteiger partial charge is 0.107 e. The average molecular weight is 244 g/mol. The van der Waals surface area contributed by atoms with E-state index in [0.29, 0.717) is 25.9 Å². The van der Waals surface area contributed by atoms with Crippen molar-refractivity contribution in [2.75, 3.05) is 13.1 Å². The molecule has 0 bridgehead atoms. The molecule has 1 heterocycles. The molecule has 18 heavy (non-hydrogen) atoms. The summed E-state index contributed by atoms with van der Waals surface area (Å²) in [5.41, 5.74) is -0.0226. The number of benzene rings is 1. The highest BCUT2D eigenvalue weighted by Gasteiger charge is 2.38. The van der Waals surface area contributed by atoms with Gasteiger partial charge in [0.25, 0.3) is 0 Å². The van der Waals surface area contributed by atoms with Crippen LogP contribution in [-0.4, -0.2) is 19.1 Å². The van der Waals surface area contributed by atoms with Crippen LogP contribution in [0.15, 0.2) is 30.3 Å². The molecule has 2 rings (SSSR count). The Balaban J connectivity index is 1.95. The van der Waals surface area contributed by atoms with Gasteiger partial charge in [-0.05, 0) is 0 Å². The number of hydrogen-bond donors (Lipinski definition) is 1. The molecule has 1 aromatic rings. The molecule has 1 N–H and O–H groups in total. The lowest BCUT2D eigenvalue weighted by atomic mass is 9.80. The second-order valence-corrected chi connectivity index (χ2v) is 4.89. The lowest BCUT2D eigenvalue weighted by molar-refractivity contribution is -0.920. The second-order valence-electron chi connectivity index (χ2n) is 4.89. The third-order valence-electron chi connectivity index (χ3n) is 3.71. The minimum atomic E-state index is -1.26. The standard InChI is InChI=1S/C14H16N2O2/c15-11-14(13(17)18)6-8-16(9-7-14)10-12-4-2-1-3-5-12/h1-5H,6-10H2,(H,17,18). The summed E-state index contributed by atoms with van der Waals surface area (Å²) >= 11 is 0. The largest absolute Gasteiger partial charge is 0.548 e. The number of hydrogen-bond acceptors (Lipinski definition) is 3. The van der Waals surface area contributed by atoms with Gasteiger partial charge in [0.15, 0.2) is 0 Å². The van der Waals surface area contributed by atoms with Gasteiger partial charge in [-0.15, -0.1) is 0 Å². The molecule has 1 fully saturated rings. The van der Waals surface area contributed by atoms with Gasteiger partial charge in [-0.3, -0.25) is 0 Å². The quantitative estimate of drug-likeness (QED) is 0.751. The number of quaternary nitrogens is 1. The van der Waals surface area contributed by atoms with Gasteiger partial charge < -0.3 is 14.8 Å². The van der Waals surface area contributed by atoms with Crippen molar-refractivity contribution in [1.29, 1.82) is 5.26 Å². The summed E-state index contributed by atoms with van der Waals surface area (Å²) in [6.45, 7) is 2.29. The third-order valence-corrected chi connectivity index (χ3v) is 3.71. The molecule has 0 radical (unpaired) electrons. The Kier molecular flexibility index (Phi) is 3.63.